The van der Waals surface area contributed by atoms with Gasteiger partial charge in [0.1, 0.15) is 0 Å². The van der Waals surface area contributed by atoms with Gasteiger partial charge in [0.25, 0.3) is 5.78 Å². The minimum absolute atomic E-state index is 0.0648. The fourth-order valence-electron chi connectivity index (χ4n) is 3.14. The molecule has 2 heterocycles. The predicted molar refractivity (Wildman–Crippen MR) is 115 cm³/mol. The summed E-state index contributed by atoms with van der Waals surface area (Å²) in [6.45, 7) is 5.99. The minimum Gasteiger partial charge on any atom is -0.325 e. The Bertz CT molecular complexity index is 1120. The molecule has 1 aromatic carbocycles. The van der Waals surface area contributed by atoms with Gasteiger partial charge in [-0.25, -0.2) is 9.50 Å². The Labute approximate surface area is 186 Å². The van der Waals surface area contributed by atoms with E-state index in [9.17, 15) is 18.0 Å². The van der Waals surface area contributed by atoms with E-state index in [1.165, 1.54) is 6.07 Å². The third-order valence-electron chi connectivity index (χ3n) is 4.70. The second kappa shape index (κ2) is 9.44. The first-order chi connectivity index (χ1) is 14.6. The standard InChI is InChI=1S/C20H21ClF3N5OS/c1-4-5-6-14-11(2)25-18-27-19(28-29(18)12(14)3)31-10-17(30)26-16-8-7-13(21)9-15(16)20(22,23)24/h7-9H,4-6,10H2,1-3H3,(H,26,30). The van der Waals surface area contributed by atoms with E-state index >= 15 is 0 Å². The van der Waals surface area contributed by atoms with Gasteiger partial charge in [-0.1, -0.05) is 36.7 Å². The van der Waals surface area contributed by atoms with Gasteiger partial charge in [0.05, 0.1) is 17.0 Å². The highest BCUT2D eigenvalue weighted by Gasteiger charge is 2.34. The lowest BCUT2D eigenvalue weighted by Gasteiger charge is -2.13. The number of hydrogen-bond donors (Lipinski definition) is 1. The number of carbonyl (C=O) groups is 1. The molecule has 6 nitrogen and oxygen atoms in total. The molecule has 0 aliphatic heterocycles. The van der Waals surface area contributed by atoms with Crippen molar-refractivity contribution in [2.45, 2.75) is 51.4 Å². The predicted octanol–water partition coefficient (Wildman–Crippen LogP) is 5.49. The van der Waals surface area contributed by atoms with Crippen molar-refractivity contribution in [2.75, 3.05) is 11.1 Å². The number of unbranched alkanes of at least 4 members (excludes halogenated alkanes) is 1. The summed E-state index contributed by atoms with van der Waals surface area (Å²) >= 11 is 6.69. The Morgan fingerprint density at radius 1 is 1.26 bits per heavy atom. The van der Waals surface area contributed by atoms with Crippen molar-refractivity contribution in [3.05, 3.63) is 45.7 Å². The maximum Gasteiger partial charge on any atom is 0.418 e. The van der Waals surface area contributed by atoms with Crippen LogP contribution in [0, 0.1) is 13.8 Å². The highest BCUT2D eigenvalue weighted by atomic mass is 35.5. The summed E-state index contributed by atoms with van der Waals surface area (Å²) in [4.78, 5) is 21.1. The normalized spacial score (nSPS) is 11.8. The molecule has 2 aromatic heterocycles. The number of nitrogens with zero attached hydrogens (tertiary/aromatic N) is 4. The molecule has 0 atom stereocenters. The van der Waals surface area contributed by atoms with Crippen LogP contribution in [0.5, 0.6) is 0 Å². The van der Waals surface area contributed by atoms with E-state index in [4.69, 9.17) is 11.6 Å². The Hall–Kier alpha value is -2.33. The van der Waals surface area contributed by atoms with E-state index in [2.05, 4.69) is 27.3 Å². The third-order valence-corrected chi connectivity index (χ3v) is 5.78. The van der Waals surface area contributed by atoms with Crippen LogP contribution in [0.2, 0.25) is 5.02 Å². The number of benzene rings is 1. The molecular formula is C20H21ClF3N5OS. The van der Waals surface area contributed by atoms with Crippen molar-refractivity contribution < 1.29 is 18.0 Å². The van der Waals surface area contributed by atoms with Gasteiger partial charge in [0, 0.05) is 16.4 Å². The zero-order chi connectivity index (χ0) is 22.8. The molecule has 0 unspecified atom stereocenters. The number of anilines is 1. The van der Waals surface area contributed by atoms with Gasteiger partial charge in [-0.15, -0.1) is 5.10 Å². The summed E-state index contributed by atoms with van der Waals surface area (Å²) in [5, 5.41) is 6.94. The van der Waals surface area contributed by atoms with Crippen LogP contribution in [0.25, 0.3) is 5.78 Å². The number of alkyl halides is 3. The van der Waals surface area contributed by atoms with Crippen LogP contribution in [-0.2, 0) is 17.4 Å². The lowest BCUT2D eigenvalue weighted by Crippen LogP contribution is -2.18. The van der Waals surface area contributed by atoms with Crippen LogP contribution in [0.15, 0.2) is 23.4 Å². The van der Waals surface area contributed by atoms with E-state index < -0.39 is 17.6 Å². The zero-order valence-electron chi connectivity index (χ0n) is 17.2. The molecule has 1 N–H and O–H groups in total. The quantitative estimate of drug-likeness (QED) is 0.461. The molecule has 0 saturated carbocycles. The van der Waals surface area contributed by atoms with E-state index in [1.54, 1.807) is 4.52 Å². The van der Waals surface area contributed by atoms with Crippen LogP contribution in [0.3, 0.4) is 0 Å². The summed E-state index contributed by atoms with van der Waals surface area (Å²) < 4.78 is 41.2. The largest absolute Gasteiger partial charge is 0.418 e. The number of aryl methyl sites for hydroxylation is 2. The van der Waals surface area contributed by atoms with Crippen molar-refractivity contribution in [1.29, 1.82) is 0 Å². The lowest BCUT2D eigenvalue weighted by atomic mass is 10.1. The number of aromatic nitrogens is 4. The number of amides is 1. The van der Waals surface area contributed by atoms with Crippen LogP contribution in [0.1, 0.15) is 42.3 Å². The maximum atomic E-state index is 13.2. The van der Waals surface area contributed by atoms with Gasteiger partial charge in [0.15, 0.2) is 0 Å². The monoisotopic (exact) mass is 471 g/mol. The maximum absolute atomic E-state index is 13.2. The number of rotatable bonds is 7. The molecule has 0 aliphatic carbocycles. The first-order valence-corrected chi connectivity index (χ1v) is 11.0. The molecule has 3 aromatic rings. The molecular weight excluding hydrogens is 451 g/mol. The number of fused-ring (bicyclic) bond motifs is 1. The Morgan fingerprint density at radius 2 is 2.00 bits per heavy atom. The van der Waals surface area contributed by atoms with E-state index in [-0.39, 0.29) is 16.5 Å². The van der Waals surface area contributed by atoms with Gasteiger partial charge in [-0.2, -0.15) is 18.2 Å². The number of carbonyl (C=O) groups excluding carboxylic acids is 1. The molecule has 0 aliphatic rings. The fraction of sp³-hybridized carbons (Fsp3) is 0.400. The second-order valence-electron chi connectivity index (χ2n) is 7.00. The zero-order valence-corrected chi connectivity index (χ0v) is 18.8. The van der Waals surface area contributed by atoms with Crippen molar-refractivity contribution in [2.24, 2.45) is 0 Å². The molecule has 31 heavy (non-hydrogen) atoms. The fourth-order valence-corrected chi connectivity index (χ4v) is 3.93. The van der Waals surface area contributed by atoms with Crippen LogP contribution < -0.4 is 5.32 Å². The van der Waals surface area contributed by atoms with Gasteiger partial charge >= 0.3 is 6.18 Å². The molecule has 0 spiro atoms. The molecule has 1 amide bonds. The Balaban J connectivity index is 1.73. The summed E-state index contributed by atoms with van der Waals surface area (Å²) in [7, 11) is 0. The average Bonchev–Trinajstić information content (AvgIpc) is 3.10. The van der Waals surface area contributed by atoms with E-state index in [0.29, 0.717) is 10.9 Å². The van der Waals surface area contributed by atoms with Gasteiger partial charge in [-0.3, -0.25) is 4.79 Å². The lowest BCUT2D eigenvalue weighted by molar-refractivity contribution is -0.137. The number of thioether (sulfide) groups is 1. The highest BCUT2D eigenvalue weighted by Crippen LogP contribution is 2.36. The summed E-state index contributed by atoms with van der Waals surface area (Å²) in [5.74, 6) is -0.339. The first kappa shape index (κ1) is 23.3. The Kier molecular flexibility index (Phi) is 7.10. The molecule has 0 bridgehead atoms. The third kappa shape index (κ3) is 5.48. The van der Waals surface area contributed by atoms with Crippen LogP contribution in [-0.4, -0.2) is 31.2 Å². The van der Waals surface area contributed by atoms with Gasteiger partial charge < -0.3 is 5.32 Å². The van der Waals surface area contributed by atoms with Crippen LogP contribution in [0.4, 0.5) is 18.9 Å². The van der Waals surface area contributed by atoms with Crippen molar-refractivity contribution >= 4 is 40.7 Å². The highest BCUT2D eigenvalue weighted by molar-refractivity contribution is 7.99. The smallest absolute Gasteiger partial charge is 0.325 e. The summed E-state index contributed by atoms with van der Waals surface area (Å²) in [5.41, 5.74) is 1.60. The average molecular weight is 472 g/mol. The van der Waals surface area contributed by atoms with Crippen LogP contribution >= 0.6 is 23.4 Å². The van der Waals surface area contributed by atoms with Crippen molar-refractivity contribution in [3.63, 3.8) is 0 Å². The first-order valence-electron chi connectivity index (χ1n) is 9.62. The van der Waals surface area contributed by atoms with Crippen molar-refractivity contribution in [3.8, 4) is 0 Å². The molecule has 166 valence electrons. The summed E-state index contributed by atoms with van der Waals surface area (Å²) in [6.07, 6.45) is -1.64. The van der Waals surface area contributed by atoms with E-state index in [1.807, 2.05) is 13.8 Å². The molecule has 3 rings (SSSR count). The molecule has 0 radical (unpaired) electrons. The van der Waals surface area contributed by atoms with Crippen molar-refractivity contribution in [1.82, 2.24) is 19.6 Å². The SMILES string of the molecule is CCCCc1c(C)nc2nc(SCC(=O)Nc3ccc(Cl)cc3C(F)(F)F)nn2c1C. The second-order valence-corrected chi connectivity index (χ2v) is 8.37. The Morgan fingerprint density at radius 3 is 2.68 bits per heavy atom. The number of nitrogens with one attached hydrogen (secondary N) is 1. The number of hydrogen-bond acceptors (Lipinski definition) is 5. The van der Waals surface area contributed by atoms with Gasteiger partial charge in [0.2, 0.25) is 11.1 Å². The topological polar surface area (TPSA) is 72.2 Å². The van der Waals surface area contributed by atoms with Gasteiger partial charge in [-0.05, 0) is 50.5 Å². The minimum atomic E-state index is -4.64. The molecule has 0 fully saturated rings. The van der Waals surface area contributed by atoms with E-state index in [0.717, 1.165) is 60.1 Å². The molecule has 0 saturated heterocycles. The summed E-state index contributed by atoms with van der Waals surface area (Å²) in [6, 6.07) is 3.20. The molecule has 11 heteroatoms. The number of halogens is 4.